The highest BCUT2D eigenvalue weighted by atomic mass is 16.4. The van der Waals surface area contributed by atoms with Crippen LogP contribution in [0.2, 0.25) is 0 Å². The molecule has 1 aromatic carbocycles. The van der Waals surface area contributed by atoms with E-state index in [0.29, 0.717) is 25.3 Å². The summed E-state index contributed by atoms with van der Waals surface area (Å²) < 4.78 is 0. The van der Waals surface area contributed by atoms with Gasteiger partial charge in [0.15, 0.2) is 5.78 Å². The fourth-order valence-electron chi connectivity index (χ4n) is 7.41. The van der Waals surface area contributed by atoms with Crippen molar-refractivity contribution in [3.63, 3.8) is 0 Å². The molecular formula is C38H45N3O4. The van der Waals surface area contributed by atoms with Crippen LogP contribution in [0.5, 0.6) is 0 Å². The molecule has 3 atom stereocenters. The number of allylic oxidation sites excluding steroid dienone is 1. The Labute approximate surface area is 265 Å². The predicted molar refractivity (Wildman–Crippen MR) is 177 cm³/mol. The van der Waals surface area contributed by atoms with Crippen molar-refractivity contribution in [2.24, 2.45) is 17.3 Å². The fourth-order valence-corrected chi connectivity index (χ4v) is 7.41. The first-order valence-corrected chi connectivity index (χ1v) is 16.5. The fraction of sp³-hybridized carbons (Fsp3) is 0.474. The maximum atomic E-state index is 13.9. The van der Waals surface area contributed by atoms with E-state index in [4.69, 9.17) is 4.98 Å². The van der Waals surface area contributed by atoms with E-state index in [1.165, 1.54) is 17.3 Å². The minimum absolute atomic E-state index is 0.00524. The van der Waals surface area contributed by atoms with Gasteiger partial charge in [0.1, 0.15) is 0 Å². The number of carbonyl (C=O) groups excluding carboxylic acids is 1. The van der Waals surface area contributed by atoms with E-state index in [2.05, 4.69) is 54.9 Å². The molecule has 2 aliphatic carbocycles. The van der Waals surface area contributed by atoms with Crippen molar-refractivity contribution in [2.45, 2.75) is 78.1 Å². The number of rotatable bonds is 9. The van der Waals surface area contributed by atoms with Crippen LogP contribution in [0.3, 0.4) is 0 Å². The van der Waals surface area contributed by atoms with Crippen LogP contribution >= 0.6 is 0 Å². The highest BCUT2D eigenvalue weighted by Crippen LogP contribution is 2.39. The number of piperidine rings is 1. The first kappa shape index (κ1) is 31.2. The zero-order valence-corrected chi connectivity index (χ0v) is 26.8. The van der Waals surface area contributed by atoms with E-state index < -0.39 is 5.97 Å². The standard InChI is InChI=1S/C38H45N3O4/c1-38(2,3)32-11-12-33-30(19-32)17-29-18-31(20-34(29)40-33)35(42)21-26(14-16-41-15-4-5-28(23-41)37(44)45)24-6-8-25(9-7-24)27-10-13-36(43)39-22-27/h6-10,13,17-18,22,26,28,32H,4-5,11-12,14-16,19-21,23H2,1-3H3,(H,39,43)(H,44,45)/t26-,28?,32-/m0/s1. The Morgan fingerprint density at radius 3 is 2.56 bits per heavy atom. The van der Waals surface area contributed by atoms with E-state index >= 15 is 0 Å². The molecule has 0 amide bonds. The molecule has 1 saturated heterocycles. The number of ketones is 1. The number of hydrogen-bond donors (Lipinski definition) is 2. The molecule has 236 valence electrons. The summed E-state index contributed by atoms with van der Waals surface area (Å²) in [7, 11) is 0. The third kappa shape index (κ3) is 7.19. The Hall–Kier alpha value is -3.84. The molecule has 3 aromatic rings. The minimum Gasteiger partial charge on any atom is -0.481 e. The molecule has 1 fully saturated rings. The maximum Gasteiger partial charge on any atom is 0.307 e. The van der Waals surface area contributed by atoms with Crippen LogP contribution in [-0.4, -0.2) is 51.4 Å². The molecule has 7 nitrogen and oxygen atoms in total. The average Bonchev–Trinajstić information content (AvgIpc) is 3.45. The van der Waals surface area contributed by atoms with Crippen LogP contribution < -0.4 is 5.56 Å². The number of hydrogen-bond acceptors (Lipinski definition) is 5. The van der Waals surface area contributed by atoms with Gasteiger partial charge < -0.3 is 15.0 Å². The summed E-state index contributed by atoms with van der Waals surface area (Å²) in [4.78, 5) is 47.1. The lowest BCUT2D eigenvalue weighted by Gasteiger charge is -2.34. The topological polar surface area (TPSA) is 103 Å². The lowest BCUT2D eigenvalue weighted by Crippen LogP contribution is -2.39. The number of H-pyrrole nitrogens is 1. The van der Waals surface area contributed by atoms with Crippen LogP contribution in [0, 0.1) is 17.3 Å². The maximum absolute atomic E-state index is 13.9. The van der Waals surface area contributed by atoms with Crippen molar-refractivity contribution in [3.8, 4) is 11.1 Å². The second kappa shape index (κ2) is 12.9. The number of nitrogens with one attached hydrogen (secondary N) is 1. The Morgan fingerprint density at radius 1 is 1.07 bits per heavy atom. The quantitative estimate of drug-likeness (QED) is 0.290. The van der Waals surface area contributed by atoms with E-state index in [1.54, 1.807) is 6.20 Å². The number of carboxylic acid groups (broad SMARTS) is 1. The number of aromatic amines is 1. The number of pyridine rings is 2. The Morgan fingerprint density at radius 2 is 1.84 bits per heavy atom. The Kier molecular flexibility index (Phi) is 8.91. The molecule has 0 spiro atoms. The molecule has 3 aliphatic rings. The number of aliphatic carboxylic acids is 1. The summed E-state index contributed by atoms with van der Waals surface area (Å²) in [6.07, 6.45) is 10.4. The summed E-state index contributed by atoms with van der Waals surface area (Å²) in [5.74, 6) is -0.241. The molecule has 1 unspecified atom stereocenters. The molecule has 2 aromatic heterocycles. The number of Topliss-reactive ketones (excluding diaryl/α,β-unsaturated/α-hetero) is 1. The van der Waals surface area contributed by atoms with Gasteiger partial charge in [0.05, 0.1) is 11.6 Å². The second-order valence-corrected chi connectivity index (χ2v) is 14.4. The molecule has 2 N–H and O–H groups in total. The van der Waals surface area contributed by atoms with Crippen LogP contribution in [0.4, 0.5) is 0 Å². The van der Waals surface area contributed by atoms with E-state index in [9.17, 15) is 19.5 Å². The van der Waals surface area contributed by atoms with Gasteiger partial charge in [0.25, 0.3) is 0 Å². The van der Waals surface area contributed by atoms with Crippen molar-refractivity contribution in [1.29, 1.82) is 0 Å². The molecule has 45 heavy (non-hydrogen) atoms. The number of aromatic nitrogens is 2. The van der Waals surface area contributed by atoms with Gasteiger partial charge in [-0.1, -0.05) is 45.0 Å². The summed E-state index contributed by atoms with van der Waals surface area (Å²) in [5, 5.41) is 9.58. The zero-order chi connectivity index (χ0) is 31.7. The van der Waals surface area contributed by atoms with E-state index in [0.717, 1.165) is 85.1 Å². The third-order valence-electron chi connectivity index (χ3n) is 10.3. The van der Waals surface area contributed by atoms with Gasteiger partial charge in [0.2, 0.25) is 5.56 Å². The monoisotopic (exact) mass is 607 g/mol. The van der Waals surface area contributed by atoms with Gasteiger partial charge in [-0.25, -0.2) is 0 Å². The highest BCUT2D eigenvalue weighted by molar-refractivity contribution is 6.02. The SMILES string of the molecule is CC(C)(C)[C@H]1CCc2nc3c(cc2C1)C=C(C(=O)C[C@H](CCN1CCCC(C(=O)O)C1)c1ccc(-c2ccc(=O)[nH]c2)cc1)C3. The van der Waals surface area contributed by atoms with Crippen LogP contribution in [-0.2, 0) is 28.9 Å². The molecule has 6 rings (SSSR count). The highest BCUT2D eigenvalue weighted by Gasteiger charge is 2.32. The minimum atomic E-state index is -0.721. The Bertz CT molecular complexity index is 1640. The molecular weight excluding hydrogens is 562 g/mol. The van der Waals surface area contributed by atoms with Crippen molar-refractivity contribution in [1.82, 2.24) is 14.9 Å². The lowest BCUT2D eigenvalue weighted by atomic mass is 9.71. The largest absolute Gasteiger partial charge is 0.481 e. The van der Waals surface area contributed by atoms with Crippen molar-refractivity contribution in [2.75, 3.05) is 19.6 Å². The van der Waals surface area contributed by atoms with Crippen LogP contribution in [0.1, 0.15) is 86.9 Å². The summed E-state index contributed by atoms with van der Waals surface area (Å²) in [6.45, 7) is 9.18. The summed E-state index contributed by atoms with van der Waals surface area (Å²) in [5.41, 5.74) is 8.67. The second-order valence-electron chi connectivity index (χ2n) is 14.4. The molecule has 0 saturated carbocycles. The molecule has 3 heterocycles. The van der Waals surface area contributed by atoms with Gasteiger partial charge in [-0.3, -0.25) is 19.4 Å². The van der Waals surface area contributed by atoms with Crippen molar-refractivity contribution in [3.05, 3.63) is 92.7 Å². The van der Waals surface area contributed by atoms with Gasteiger partial charge in [-0.05, 0) is 115 Å². The summed E-state index contributed by atoms with van der Waals surface area (Å²) >= 11 is 0. The number of carboxylic acids is 1. The average molecular weight is 608 g/mol. The molecule has 1 aliphatic heterocycles. The Balaban J connectivity index is 1.19. The number of nitrogens with zero attached hydrogens (tertiary/aromatic N) is 2. The zero-order valence-electron chi connectivity index (χ0n) is 26.8. The van der Waals surface area contributed by atoms with E-state index in [1.807, 2.05) is 18.2 Å². The van der Waals surface area contributed by atoms with Crippen molar-refractivity contribution >= 4 is 17.8 Å². The van der Waals surface area contributed by atoms with Gasteiger partial charge in [0, 0.05) is 42.9 Å². The number of likely N-dealkylation sites (tertiary alicyclic amines) is 1. The molecule has 0 bridgehead atoms. The first-order chi connectivity index (χ1) is 21.5. The first-order valence-electron chi connectivity index (χ1n) is 16.5. The lowest BCUT2D eigenvalue weighted by molar-refractivity contribution is -0.143. The normalized spacial score (nSPS) is 20.6. The van der Waals surface area contributed by atoms with E-state index in [-0.39, 0.29) is 28.6 Å². The predicted octanol–water partition coefficient (Wildman–Crippen LogP) is 6.46. The molecule has 7 heteroatoms. The summed E-state index contributed by atoms with van der Waals surface area (Å²) in [6, 6.07) is 13.9. The number of benzene rings is 1. The van der Waals surface area contributed by atoms with Gasteiger partial charge in [-0.2, -0.15) is 0 Å². The number of fused-ring (bicyclic) bond motifs is 2. The number of aryl methyl sites for hydroxylation is 1. The van der Waals surface area contributed by atoms with Gasteiger partial charge >= 0.3 is 5.97 Å². The van der Waals surface area contributed by atoms with Gasteiger partial charge in [-0.15, -0.1) is 0 Å². The van der Waals surface area contributed by atoms with Crippen LogP contribution in [0.25, 0.3) is 17.2 Å². The van der Waals surface area contributed by atoms with Crippen molar-refractivity contribution < 1.29 is 14.7 Å². The number of carbonyl (C=O) groups is 2. The van der Waals surface area contributed by atoms with Crippen LogP contribution in [0.15, 0.2) is 59.0 Å². The molecule has 0 radical (unpaired) electrons. The smallest absolute Gasteiger partial charge is 0.307 e. The third-order valence-corrected chi connectivity index (χ3v) is 10.3.